The van der Waals surface area contributed by atoms with Gasteiger partial charge in [0.05, 0.1) is 36.1 Å². The maximum Gasteiger partial charge on any atom is 0.243 e. The van der Waals surface area contributed by atoms with E-state index in [2.05, 4.69) is 26.6 Å². The Morgan fingerprint density at radius 3 is 2.68 bits per heavy atom. The molecule has 0 aliphatic heterocycles. The van der Waals surface area contributed by atoms with E-state index in [1.807, 2.05) is 32.0 Å². The molecule has 0 heterocycles. The molecular weight excluding hydrogens is 408 g/mol. The van der Waals surface area contributed by atoms with Gasteiger partial charge >= 0.3 is 0 Å². The van der Waals surface area contributed by atoms with Crippen molar-refractivity contribution in [1.82, 2.24) is 0 Å². The molecule has 0 aromatic heterocycles. The van der Waals surface area contributed by atoms with Crippen molar-refractivity contribution in [3.63, 3.8) is 0 Å². The van der Waals surface area contributed by atoms with Crippen molar-refractivity contribution < 1.29 is 14.3 Å². The minimum Gasteiger partial charge on any atom is -0.495 e. The number of carbonyl (C=O) groups excluding carboxylic acids is 1. The molecule has 0 aliphatic rings. The van der Waals surface area contributed by atoms with Crippen LogP contribution in [0.2, 0.25) is 5.02 Å². The first-order chi connectivity index (χ1) is 11.9. The molecule has 2 aromatic rings. The van der Waals surface area contributed by atoms with Gasteiger partial charge in [-0.05, 0) is 59.6 Å². The number of anilines is 2. The third-order valence-corrected chi connectivity index (χ3v) is 4.17. The highest BCUT2D eigenvalue weighted by molar-refractivity contribution is 9.10. The van der Waals surface area contributed by atoms with Crippen molar-refractivity contribution in [2.24, 2.45) is 0 Å². The zero-order valence-electron chi connectivity index (χ0n) is 14.3. The second-order valence-electron chi connectivity index (χ2n) is 5.30. The van der Waals surface area contributed by atoms with Crippen molar-refractivity contribution in [3.8, 4) is 11.5 Å². The van der Waals surface area contributed by atoms with Gasteiger partial charge in [-0.2, -0.15) is 0 Å². The summed E-state index contributed by atoms with van der Waals surface area (Å²) in [6.45, 7) is 4.40. The van der Waals surface area contributed by atoms with Gasteiger partial charge < -0.3 is 20.1 Å². The van der Waals surface area contributed by atoms with Gasteiger partial charge in [-0.15, -0.1) is 0 Å². The SMILES string of the molecule is CCOc1c(Br)cc(Cl)cc1NCC(=O)Nc1cc(C)ccc1OC. The molecule has 0 saturated heterocycles. The summed E-state index contributed by atoms with van der Waals surface area (Å²) in [7, 11) is 1.57. The maximum atomic E-state index is 12.3. The van der Waals surface area contributed by atoms with Crippen LogP contribution in [0.5, 0.6) is 11.5 Å². The quantitative estimate of drug-likeness (QED) is 0.662. The summed E-state index contributed by atoms with van der Waals surface area (Å²) in [5.74, 6) is 1.02. The molecule has 0 fully saturated rings. The fourth-order valence-electron chi connectivity index (χ4n) is 2.27. The molecule has 134 valence electrons. The molecule has 2 rings (SSSR count). The Morgan fingerprint density at radius 2 is 2.00 bits per heavy atom. The molecule has 0 atom stereocenters. The monoisotopic (exact) mass is 426 g/mol. The Morgan fingerprint density at radius 1 is 1.24 bits per heavy atom. The second-order valence-corrected chi connectivity index (χ2v) is 6.59. The smallest absolute Gasteiger partial charge is 0.243 e. The van der Waals surface area contributed by atoms with Gasteiger partial charge in [-0.1, -0.05) is 17.7 Å². The standard InChI is InChI=1S/C18H20BrClN2O3/c1-4-25-18-13(19)8-12(20)9-15(18)21-10-17(23)22-14-7-11(2)5-6-16(14)24-3/h5-9,21H,4,10H2,1-3H3,(H,22,23). The fraction of sp³-hybridized carbons (Fsp3) is 0.278. The summed E-state index contributed by atoms with van der Waals surface area (Å²) < 4.78 is 11.6. The molecule has 5 nitrogen and oxygen atoms in total. The van der Waals surface area contributed by atoms with Crippen LogP contribution in [0.3, 0.4) is 0 Å². The third kappa shape index (κ3) is 5.28. The Labute approximate surface area is 160 Å². The van der Waals surface area contributed by atoms with Gasteiger partial charge in [-0.25, -0.2) is 0 Å². The minimum atomic E-state index is -0.206. The van der Waals surface area contributed by atoms with E-state index < -0.39 is 0 Å². The number of ether oxygens (including phenoxy) is 2. The number of hydrogen-bond acceptors (Lipinski definition) is 4. The largest absolute Gasteiger partial charge is 0.495 e. The third-order valence-electron chi connectivity index (χ3n) is 3.37. The summed E-state index contributed by atoms with van der Waals surface area (Å²) in [5.41, 5.74) is 2.31. The normalized spacial score (nSPS) is 10.3. The Bertz CT molecular complexity index is 768. The zero-order valence-corrected chi connectivity index (χ0v) is 16.6. The van der Waals surface area contributed by atoms with E-state index >= 15 is 0 Å². The van der Waals surface area contributed by atoms with Crippen molar-refractivity contribution in [1.29, 1.82) is 0 Å². The number of benzene rings is 2. The lowest BCUT2D eigenvalue weighted by Crippen LogP contribution is -2.22. The Kier molecular flexibility index (Phi) is 6.96. The molecular formula is C18H20BrClN2O3. The van der Waals surface area contributed by atoms with Crippen LogP contribution >= 0.6 is 27.5 Å². The fourth-order valence-corrected chi connectivity index (χ4v) is 3.20. The number of hydrogen-bond donors (Lipinski definition) is 2. The van der Waals surface area contributed by atoms with Gasteiger partial charge in [0.1, 0.15) is 5.75 Å². The summed E-state index contributed by atoms with van der Waals surface area (Å²) in [5, 5.41) is 6.44. The van der Waals surface area contributed by atoms with Crippen molar-refractivity contribution in [2.45, 2.75) is 13.8 Å². The van der Waals surface area contributed by atoms with E-state index in [1.165, 1.54) is 0 Å². The number of methoxy groups -OCH3 is 1. The van der Waals surface area contributed by atoms with E-state index in [0.29, 0.717) is 34.5 Å². The molecule has 1 amide bonds. The molecule has 2 N–H and O–H groups in total. The van der Waals surface area contributed by atoms with Crippen molar-refractivity contribution in [3.05, 3.63) is 45.4 Å². The highest BCUT2D eigenvalue weighted by Crippen LogP contribution is 2.36. The molecule has 2 aromatic carbocycles. The number of amides is 1. The number of nitrogens with one attached hydrogen (secondary N) is 2. The predicted molar refractivity (Wildman–Crippen MR) is 105 cm³/mol. The molecule has 0 bridgehead atoms. The highest BCUT2D eigenvalue weighted by Gasteiger charge is 2.12. The second kappa shape index (κ2) is 8.97. The number of halogens is 2. The van der Waals surface area contributed by atoms with Crippen LogP contribution in [0, 0.1) is 6.92 Å². The number of carbonyl (C=O) groups is 1. The molecule has 0 aliphatic carbocycles. The van der Waals surface area contributed by atoms with Crippen LogP contribution in [-0.2, 0) is 4.79 Å². The zero-order chi connectivity index (χ0) is 18.4. The molecule has 25 heavy (non-hydrogen) atoms. The Hall–Kier alpha value is -1.92. The van der Waals surface area contributed by atoms with Gasteiger partial charge in [0.15, 0.2) is 5.75 Å². The van der Waals surface area contributed by atoms with E-state index in [1.54, 1.807) is 19.2 Å². The van der Waals surface area contributed by atoms with Gasteiger partial charge in [0.25, 0.3) is 0 Å². The lowest BCUT2D eigenvalue weighted by Gasteiger charge is -2.15. The average molecular weight is 428 g/mol. The topological polar surface area (TPSA) is 59.6 Å². The first-order valence-electron chi connectivity index (χ1n) is 7.74. The van der Waals surface area contributed by atoms with Crippen molar-refractivity contribution >= 4 is 44.8 Å². The van der Waals surface area contributed by atoms with Gasteiger partial charge in [0, 0.05) is 5.02 Å². The lowest BCUT2D eigenvalue weighted by molar-refractivity contribution is -0.114. The van der Waals surface area contributed by atoms with E-state index in [-0.39, 0.29) is 12.5 Å². The van der Waals surface area contributed by atoms with Crippen molar-refractivity contribution in [2.75, 3.05) is 30.9 Å². The molecule has 7 heteroatoms. The van der Waals surface area contributed by atoms with Crippen LogP contribution in [0.15, 0.2) is 34.8 Å². The average Bonchev–Trinajstić information content (AvgIpc) is 2.56. The highest BCUT2D eigenvalue weighted by atomic mass is 79.9. The summed E-state index contributed by atoms with van der Waals surface area (Å²) in [4.78, 5) is 12.3. The van der Waals surface area contributed by atoms with Crippen LogP contribution in [0.4, 0.5) is 11.4 Å². The van der Waals surface area contributed by atoms with E-state index in [4.69, 9.17) is 21.1 Å². The summed E-state index contributed by atoms with van der Waals surface area (Å²) >= 11 is 9.50. The first kappa shape index (κ1) is 19.4. The Balaban J connectivity index is 2.09. The summed E-state index contributed by atoms with van der Waals surface area (Å²) in [6.07, 6.45) is 0. The van der Waals surface area contributed by atoms with Gasteiger partial charge in [0.2, 0.25) is 5.91 Å². The molecule has 0 radical (unpaired) electrons. The number of rotatable bonds is 7. The number of aryl methyl sites for hydroxylation is 1. The van der Waals surface area contributed by atoms with Crippen LogP contribution in [0.25, 0.3) is 0 Å². The molecule has 0 spiro atoms. The maximum absolute atomic E-state index is 12.3. The molecule has 0 saturated carbocycles. The van der Waals surface area contributed by atoms with Gasteiger partial charge in [-0.3, -0.25) is 4.79 Å². The predicted octanol–water partition coefficient (Wildman–Crippen LogP) is 4.87. The van der Waals surface area contributed by atoms with Crippen LogP contribution in [-0.4, -0.2) is 26.2 Å². The minimum absolute atomic E-state index is 0.0595. The van der Waals surface area contributed by atoms with E-state index in [9.17, 15) is 4.79 Å². The lowest BCUT2D eigenvalue weighted by atomic mass is 10.2. The first-order valence-corrected chi connectivity index (χ1v) is 8.92. The van der Waals surface area contributed by atoms with E-state index in [0.717, 1.165) is 10.0 Å². The summed E-state index contributed by atoms with van der Waals surface area (Å²) in [6, 6.07) is 9.07. The molecule has 0 unspecified atom stereocenters. The van der Waals surface area contributed by atoms with Crippen LogP contribution < -0.4 is 20.1 Å². The van der Waals surface area contributed by atoms with Crippen LogP contribution in [0.1, 0.15) is 12.5 Å².